The summed E-state index contributed by atoms with van der Waals surface area (Å²) in [5, 5.41) is 16.9. The van der Waals surface area contributed by atoms with Gasteiger partial charge in [0.05, 0.1) is 12.4 Å². The number of H-pyrrole nitrogens is 1. The Morgan fingerprint density at radius 2 is 1.50 bits per heavy atom. The van der Waals surface area contributed by atoms with E-state index >= 15 is 0 Å². The fourth-order valence-electron chi connectivity index (χ4n) is 3.63. The number of carboxylic acid groups (broad SMARTS) is 1. The van der Waals surface area contributed by atoms with Crippen molar-refractivity contribution in [3.63, 3.8) is 0 Å². The highest BCUT2D eigenvalue weighted by molar-refractivity contribution is 5.94. The van der Waals surface area contributed by atoms with Crippen molar-refractivity contribution in [2.24, 2.45) is 33.7 Å². The average molecular weight is 568 g/mol. The van der Waals surface area contributed by atoms with Gasteiger partial charge >= 0.3 is 5.97 Å². The van der Waals surface area contributed by atoms with Crippen LogP contribution in [-0.4, -0.2) is 87.9 Å². The maximum atomic E-state index is 13.2. The first-order chi connectivity index (χ1) is 18.9. The molecule has 4 atom stereocenters. The number of carbonyl (C=O) groups excluding carboxylic acids is 4. The molecule has 17 nitrogen and oxygen atoms in total. The number of guanidine groups is 1. The minimum atomic E-state index is -1.31. The number of aliphatic carboxylic acids is 1. The molecule has 224 valence electrons. The van der Waals surface area contributed by atoms with Gasteiger partial charge in [-0.15, -0.1) is 0 Å². The predicted octanol–water partition coefficient (Wildman–Crippen LogP) is -3.73. The van der Waals surface area contributed by atoms with Crippen molar-refractivity contribution in [1.82, 2.24) is 25.9 Å². The Morgan fingerprint density at radius 3 is 2.05 bits per heavy atom. The lowest BCUT2D eigenvalue weighted by atomic mass is 10.0. The third-order valence-electron chi connectivity index (χ3n) is 5.78. The number of aromatic nitrogens is 2. The standard InChI is InChI=1S/C23H41N11O6/c24-8-2-1-4-17(22(39)40)34-21(38)16(6-7-18(26)35)33-20(37)15(5-3-9-30-23(27)28)32-19(36)14(25)10-13-11-29-12-31-13/h11-12,14-17H,1-10,24-25H2,(H2,26,35)(H,29,31)(H,32,36)(H,33,37)(H,34,38)(H,39,40)(H4,27,28,30). The number of carboxylic acids is 1. The Morgan fingerprint density at radius 1 is 0.900 bits per heavy atom. The van der Waals surface area contributed by atoms with E-state index in [0.29, 0.717) is 25.1 Å². The molecule has 1 heterocycles. The first-order valence-corrected chi connectivity index (χ1v) is 12.8. The van der Waals surface area contributed by atoms with E-state index < -0.39 is 53.8 Å². The normalized spacial score (nSPS) is 13.8. The maximum absolute atomic E-state index is 13.2. The summed E-state index contributed by atoms with van der Waals surface area (Å²) in [6.07, 6.45) is 4.10. The van der Waals surface area contributed by atoms with Crippen molar-refractivity contribution in [3.8, 4) is 0 Å². The fourth-order valence-corrected chi connectivity index (χ4v) is 3.63. The second kappa shape index (κ2) is 18.1. The number of nitrogens with one attached hydrogen (secondary N) is 4. The summed E-state index contributed by atoms with van der Waals surface area (Å²) < 4.78 is 0. The highest BCUT2D eigenvalue weighted by atomic mass is 16.4. The van der Waals surface area contributed by atoms with Crippen LogP contribution in [0.2, 0.25) is 0 Å². The Bertz CT molecular complexity index is 997. The summed E-state index contributed by atoms with van der Waals surface area (Å²) in [6.45, 7) is 0.524. The monoisotopic (exact) mass is 567 g/mol. The first-order valence-electron chi connectivity index (χ1n) is 12.8. The molecule has 1 rings (SSSR count). The lowest BCUT2D eigenvalue weighted by Gasteiger charge is -2.25. The van der Waals surface area contributed by atoms with Gasteiger partial charge in [-0.3, -0.25) is 24.2 Å². The lowest BCUT2D eigenvalue weighted by Crippen LogP contribution is -2.57. The van der Waals surface area contributed by atoms with Crippen LogP contribution in [0.4, 0.5) is 0 Å². The molecule has 40 heavy (non-hydrogen) atoms. The third kappa shape index (κ3) is 13.5. The van der Waals surface area contributed by atoms with E-state index in [1.807, 2.05) is 0 Å². The highest BCUT2D eigenvalue weighted by Crippen LogP contribution is 2.07. The number of carbonyl (C=O) groups is 5. The average Bonchev–Trinajstić information content (AvgIpc) is 3.40. The van der Waals surface area contributed by atoms with E-state index in [-0.39, 0.29) is 51.0 Å². The molecule has 0 spiro atoms. The van der Waals surface area contributed by atoms with Crippen molar-refractivity contribution in [1.29, 1.82) is 0 Å². The smallest absolute Gasteiger partial charge is 0.326 e. The molecule has 15 N–H and O–H groups in total. The summed E-state index contributed by atoms with van der Waals surface area (Å²) in [5.41, 5.74) is 27.9. The lowest BCUT2D eigenvalue weighted by molar-refractivity contribution is -0.142. The highest BCUT2D eigenvalue weighted by Gasteiger charge is 2.30. The molecule has 17 heteroatoms. The predicted molar refractivity (Wildman–Crippen MR) is 145 cm³/mol. The number of nitrogens with two attached hydrogens (primary N) is 5. The van der Waals surface area contributed by atoms with Gasteiger partial charge in [-0.1, -0.05) is 0 Å². The number of unbranched alkanes of at least 4 members (excludes halogenated alkanes) is 1. The molecule has 0 aromatic carbocycles. The molecule has 0 saturated heterocycles. The van der Waals surface area contributed by atoms with E-state index in [2.05, 4.69) is 30.9 Å². The molecule has 0 saturated carbocycles. The quantitative estimate of drug-likeness (QED) is 0.0414. The molecular formula is C23H41N11O6. The number of rotatable bonds is 20. The number of amides is 4. The van der Waals surface area contributed by atoms with Crippen LogP contribution >= 0.6 is 0 Å². The van der Waals surface area contributed by atoms with Gasteiger partial charge in [0.25, 0.3) is 0 Å². The zero-order valence-electron chi connectivity index (χ0n) is 22.3. The Balaban J connectivity index is 3.02. The molecule has 4 unspecified atom stereocenters. The number of imidazole rings is 1. The van der Waals surface area contributed by atoms with Crippen molar-refractivity contribution >= 4 is 35.6 Å². The van der Waals surface area contributed by atoms with Gasteiger partial charge in [-0.25, -0.2) is 9.78 Å². The zero-order valence-corrected chi connectivity index (χ0v) is 22.3. The van der Waals surface area contributed by atoms with Crippen LogP contribution in [0.5, 0.6) is 0 Å². The largest absolute Gasteiger partial charge is 0.480 e. The van der Waals surface area contributed by atoms with Gasteiger partial charge < -0.3 is 54.7 Å². The van der Waals surface area contributed by atoms with E-state index in [1.165, 1.54) is 12.5 Å². The van der Waals surface area contributed by atoms with E-state index in [4.69, 9.17) is 28.7 Å². The Kier molecular flexibility index (Phi) is 15.3. The van der Waals surface area contributed by atoms with Crippen molar-refractivity contribution in [2.75, 3.05) is 13.1 Å². The van der Waals surface area contributed by atoms with Gasteiger partial charge in [0.2, 0.25) is 23.6 Å². The maximum Gasteiger partial charge on any atom is 0.326 e. The van der Waals surface area contributed by atoms with Gasteiger partial charge in [0.1, 0.15) is 18.1 Å². The van der Waals surface area contributed by atoms with Crippen LogP contribution in [0, 0.1) is 0 Å². The minimum Gasteiger partial charge on any atom is -0.480 e. The summed E-state index contributed by atoms with van der Waals surface area (Å²) in [7, 11) is 0. The van der Waals surface area contributed by atoms with E-state index in [1.54, 1.807) is 0 Å². The topological polar surface area (TPSA) is 313 Å². The third-order valence-corrected chi connectivity index (χ3v) is 5.78. The van der Waals surface area contributed by atoms with E-state index in [9.17, 15) is 29.1 Å². The number of nitrogens with zero attached hydrogens (tertiary/aromatic N) is 2. The van der Waals surface area contributed by atoms with Gasteiger partial charge in [-0.05, 0) is 45.1 Å². The molecule has 0 aliphatic heterocycles. The SMILES string of the molecule is NCCCCC(NC(=O)C(CCC(N)=O)NC(=O)C(CCCN=C(N)N)NC(=O)C(N)Cc1cnc[nH]1)C(=O)O. The van der Waals surface area contributed by atoms with Gasteiger partial charge in [0.15, 0.2) is 5.96 Å². The van der Waals surface area contributed by atoms with Crippen LogP contribution in [0.25, 0.3) is 0 Å². The Hall–Kier alpha value is -4.25. The summed E-state index contributed by atoms with van der Waals surface area (Å²) >= 11 is 0. The molecular weight excluding hydrogens is 526 g/mol. The number of hydrogen-bond acceptors (Lipinski definition) is 9. The summed E-state index contributed by atoms with van der Waals surface area (Å²) in [4.78, 5) is 72.6. The van der Waals surface area contributed by atoms with Crippen LogP contribution in [0.3, 0.4) is 0 Å². The second-order valence-corrected chi connectivity index (χ2v) is 9.15. The number of aliphatic imine (C=N–C) groups is 1. The van der Waals surface area contributed by atoms with Crippen molar-refractivity contribution < 1.29 is 29.1 Å². The van der Waals surface area contributed by atoms with Crippen LogP contribution in [-0.2, 0) is 30.4 Å². The number of hydrogen-bond donors (Lipinski definition) is 10. The van der Waals surface area contributed by atoms with Crippen molar-refractivity contribution in [3.05, 3.63) is 18.2 Å². The summed E-state index contributed by atoms with van der Waals surface area (Å²) in [6, 6.07) is -4.72. The van der Waals surface area contributed by atoms with Gasteiger partial charge in [0, 0.05) is 31.3 Å². The summed E-state index contributed by atoms with van der Waals surface area (Å²) in [5.74, 6) is -4.35. The molecule has 0 aliphatic rings. The molecule has 1 aromatic rings. The minimum absolute atomic E-state index is 0.0755. The molecule has 0 fully saturated rings. The zero-order chi connectivity index (χ0) is 30.1. The first kappa shape index (κ1) is 33.8. The van der Waals surface area contributed by atoms with Crippen molar-refractivity contribution in [2.45, 2.75) is 75.5 Å². The molecule has 1 aromatic heterocycles. The molecule has 0 radical (unpaired) electrons. The molecule has 4 amide bonds. The van der Waals surface area contributed by atoms with Crippen LogP contribution in [0.15, 0.2) is 17.5 Å². The molecule has 0 aliphatic carbocycles. The van der Waals surface area contributed by atoms with Gasteiger partial charge in [-0.2, -0.15) is 0 Å². The number of aromatic amines is 1. The molecule has 0 bridgehead atoms. The van der Waals surface area contributed by atoms with Crippen LogP contribution < -0.4 is 44.6 Å². The van der Waals surface area contributed by atoms with E-state index in [0.717, 1.165) is 0 Å². The van der Waals surface area contributed by atoms with Crippen LogP contribution in [0.1, 0.15) is 50.6 Å². The Labute approximate surface area is 231 Å². The fraction of sp³-hybridized carbons (Fsp3) is 0.609. The second-order valence-electron chi connectivity index (χ2n) is 9.15. The number of primary amides is 1.